The highest BCUT2D eigenvalue weighted by Gasteiger charge is 2.23. The van der Waals surface area contributed by atoms with Crippen molar-refractivity contribution in [1.82, 2.24) is 9.97 Å². The van der Waals surface area contributed by atoms with Crippen LogP contribution < -0.4 is 16.6 Å². The SMILES string of the molecule is Cc1nc(NN)nc(Nc2cccc(Cl)c2F)c1[N+](=O)[O-]. The highest BCUT2D eigenvalue weighted by Crippen LogP contribution is 2.31. The first kappa shape index (κ1) is 14.9. The van der Waals surface area contributed by atoms with Crippen molar-refractivity contribution in [3.63, 3.8) is 0 Å². The number of rotatable bonds is 4. The third-order valence-electron chi connectivity index (χ3n) is 2.57. The molecule has 8 nitrogen and oxygen atoms in total. The lowest BCUT2D eigenvalue weighted by molar-refractivity contribution is -0.385. The van der Waals surface area contributed by atoms with Crippen LogP contribution in [-0.2, 0) is 0 Å². The zero-order valence-corrected chi connectivity index (χ0v) is 11.5. The molecule has 0 fully saturated rings. The molecule has 10 heteroatoms. The summed E-state index contributed by atoms with van der Waals surface area (Å²) in [5.41, 5.74) is 1.83. The molecule has 21 heavy (non-hydrogen) atoms. The number of anilines is 3. The van der Waals surface area contributed by atoms with Crippen LogP contribution in [0.2, 0.25) is 5.02 Å². The molecule has 0 spiro atoms. The standard InChI is InChI=1S/C11H10ClFN6O2/c1-5-9(19(20)21)10(17-11(15-5)18-14)16-7-4-2-3-6(12)8(7)13/h2-4H,14H2,1H3,(H2,15,16,17,18). The van der Waals surface area contributed by atoms with Gasteiger partial charge in [0.2, 0.25) is 11.8 Å². The van der Waals surface area contributed by atoms with Gasteiger partial charge in [-0.1, -0.05) is 17.7 Å². The molecule has 2 rings (SSSR count). The molecule has 0 unspecified atom stereocenters. The van der Waals surface area contributed by atoms with Crippen LogP contribution in [0.5, 0.6) is 0 Å². The van der Waals surface area contributed by atoms with Gasteiger partial charge in [-0.2, -0.15) is 4.98 Å². The van der Waals surface area contributed by atoms with Crippen LogP contribution in [-0.4, -0.2) is 14.9 Å². The minimum atomic E-state index is -0.744. The minimum Gasteiger partial charge on any atom is -0.332 e. The van der Waals surface area contributed by atoms with E-state index < -0.39 is 10.7 Å². The lowest BCUT2D eigenvalue weighted by Crippen LogP contribution is -2.13. The topological polar surface area (TPSA) is 119 Å². The number of nitrogens with one attached hydrogen (secondary N) is 2. The van der Waals surface area contributed by atoms with E-state index >= 15 is 0 Å². The number of aromatic nitrogens is 2. The van der Waals surface area contributed by atoms with Gasteiger partial charge >= 0.3 is 5.69 Å². The van der Waals surface area contributed by atoms with Gasteiger partial charge < -0.3 is 5.32 Å². The van der Waals surface area contributed by atoms with E-state index in [0.29, 0.717) is 0 Å². The average molecular weight is 313 g/mol. The summed E-state index contributed by atoms with van der Waals surface area (Å²) in [4.78, 5) is 18.1. The highest BCUT2D eigenvalue weighted by molar-refractivity contribution is 6.31. The molecule has 1 aromatic carbocycles. The molecule has 4 N–H and O–H groups in total. The Morgan fingerprint density at radius 3 is 2.76 bits per heavy atom. The van der Waals surface area contributed by atoms with Crippen LogP contribution >= 0.6 is 11.6 Å². The van der Waals surface area contributed by atoms with Crippen LogP contribution in [0.1, 0.15) is 5.69 Å². The number of hydrazine groups is 1. The number of nitro groups is 1. The van der Waals surface area contributed by atoms with E-state index in [1.807, 2.05) is 0 Å². The quantitative estimate of drug-likeness (QED) is 0.451. The maximum Gasteiger partial charge on any atom is 0.332 e. The Morgan fingerprint density at radius 1 is 1.43 bits per heavy atom. The largest absolute Gasteiger partial charge is 0.332 e. The molecular weight excluding hydrogens is 303 g/mol. The Kier molecular flexibility index (Phi) is 4.15. The van der Waals surface area contributed by atoms with Gasteiger partial charge in [0.15, 0.2) is 5.82 Å². The summed E-state index contributed by atoms with van der Waals surface area (Å²) in [6.45, 7) is 1.42. The molecule has 0 saturated carbocycles. The zero-order valence-electron chi connectivity index (χ0n) is 10.7. The van der Waals surface area contributed by atoms with E-state index in [1.165, 1.54) is 25.1 Å². The molecule has 2 aromatic rings. The van der Waals surface area contributed by atoms with Crippen LogP contribution in [0.25, 0.3) is 0 Å². The predicted molar refractivity (Wildman–Crippen MR) is 75.9 cm³/mol. The maximum absolute atomic E-state index is 13.9. The van der Waals surface area contributed by atoms with Gasteiger partial charge in [0.05, 0.1) is 15.6 Å². The van der Waals surface area contributed by atoms with Crippen molar-refractivity contribution in [3.8, 4) is 0 Å². The van der Waals surface area contributed by atoms with Crippen molar-refractivity contribution in [2.75, 3.05) is 10.7 Å². The lowest BCUT2D eigenvalue weighted by Gasteiger charge is -2.10. The fraction of sp³-hybridized carbons (Fsp3) is 0.0909. The normalized spacial score (nSPS) is 10.3. The minimum absolute atomic E-state index is 0.0389. The van der Waals surface area contributed by atoms with E-state index in [2.05, 4.69) is 20.7 Å². The second-order valence-electron chi connectivity index (χ2n) is 3.96. The van der Waals surface area contributed by atoms with E-state index in [1.54, 1.807) is 0 Å². The Bertz CT molecular complexity index is 711. The average Bonchev–Trinajstić information content (AvgIpc) is 2.42. The van der Waals surface area contributed by atoms with Gasteiger partial charge in [-0.15, -0.1) is 0 Å². The Hall–Kier alpha value is -2.52. The van der Waals surface area contributed by atoms with Gasteiger partial charge in [-0.25, -0.2) is 15.2 Å². The number of hydrogen-bond donors (Lipinski definition) is 3. The van der Waals surface area contributed by atoms with Crippen molar-refractivity contribution >= 4 is 34.7 Å². The molecule has 0 aliphatic heterocycles. The molecule has 0 saturated heterocycles. The van der Waals surface area contributed by atoms with Crippen LogP contribution in [0.3, 0.4) is 0 Å². The van der Waals surface area contributed by atoms with Crippen molar-refractivity contribution in [2.24, 2.45) is 5.84 Å². The highest BCUT2D eigenvalue weighted by atomic mass is 35.5. The summed E-state index contributed by atoms with van der Waals surface area (Å²) in [7, 11) is 0. The summed E-state index contributed by atoms with van der Waals surface area (Å²) >= 11 is 5.66. The van der Waals surface area contributed by atoms with E-state index in [9.17, 15) is 14.5 Å². The predicted octanol–water partition coefficient (Wildman–Crippen LogP) is 2.51. The van der Waals surface area contributed by atoms with Gasteiger partial charge in [-0.3, -0.25) is 15.5 Å². The number of hydrogen-bond acceptors (Lipinski definition) is 7. The van der Waals surface area contributed by atoms with Gasteiger partial charge in [0.25, 0.3) is 0 Å². The second kappa shape index (κ2) is 5.85. The molecule has 110 valence electrons. The maximum atomic E-state index is 13.9. The fourth-order valence-corrected chi connectivity index (χ4v) is 1.84. The fourth-order valence-electron chi connectivity index (χ4n) is 1.67. The molecule has 1 aromatic heterocycles. The molecule has 0 bridgehead atoms. The van der Waals surface area contributed by atoms with Gasteiger partial charge in [0.1, 0.15) is 5.69 Å². The molecule has 0 radical (unpaired) electrons. The molecule has 0 amide bonds. The zero-order chi connectivity index (χ0) is 15.6. The third kappa shape index (κ3) is 2.98. The molecule has 0 atom stereocenters. The van der Waals surface area contributed by atoms with Crippen LogP contribution in [0.15, 0.2) is 18.2 Å². The Labute approximate surface area is 123 Å². The van der Waals surface area contributed by atoms with Crippen molar-refractivity contribution in [1.29, 1.82) is 0 Å². The van der Waals surface area contributed by atoms with Crippen LogP contribution in [0, 0.1) is 22.9 Å². The lowest BCUT2D eigenvalue weighted by atomic mass is 10.3. The number of halogens is 2. The van der Waals surface area contributed by atoms with Crippen molar-refractivity contribution in [2.45, 2.75) is 6.92 Å². The second-order valence-corrected chi connectivity index (χ2v) is 4.36. The number of benzene rings is 1. The van der Waals surface area contributed by atoms with Crippen molar-refractivity contribution < 1.29 is 9.31 Å². The molecule has 0 aliphatic rings. The number of nitrogens with two attached hydrogens (primary N) is 1. The molecule has 0 aliphatic carbocycles. The van der Waals surface area contributed by atoms with E-state index in [-0.39, 0.29) is 33.9 Å². The monoisotopic (exact) mass is 312 g/mol. The Morgan fingerprint density at radius 2 is 2.14 bits per heavy atom. The van der Waals surface area contributed by atoms with Crippen molar-refractivity contribution in [3.05, 3.63) is 44.8 Å². The van der Waals surface area contributed by atoms with Crippen LogP contribution in [0.4, 0.5) is 27.5 Å². The molecule has 1 heterocycles. The summed E-state index contributed by atoms with van der Waals surface area (Å²) in [5, 5.41) is 13.5. The number of nitrogens with zero attached hydrogens (tertiary/aromatic N) is 3. The van der Waals surface area contributed by atoms with E-state index in [4.69, 9.17) is 17.4 Å². The third-order valence-corrected chi connectivity index (χ3v) is 2.87. The summed E-state index contributed by atoms with van der Waals surface area (Å²) in [5.74, 6) is 4.22. The van der Waals surface area contributed by atoms with E-state index in [0.717, 1.165) is 0 Å². The van der Waals surface area contributed by atoms with Gasteiger partial charge in [0, 0.05) is 0 Å². The first-order chi connectivity index (χ1) is 9.93. The first-order valence-corrected chi connectivity index (χ1v) is 6.02. The summed E-state index contributed by atoms with van der Waals surface area (Å²) < 4.78 is 13.9. The smallest absolute Gasteiger partial charge is 0.332 e. The molecular formula is C11H10ClFN6O2. The Balaban J connectivity index is 2.54. The first-order valence-electron chi connectivity index (χ1n) is 5.64. The number of nitrogen functional groups attached to an aromatic ring is 1. The summed E-state index contributed by atoms with van der Waals surface area (Å²) in [6.07, 6.45) is 0. The number of aryl methyl sites for hydroxylation is 1. The summed E-state index contributed by atoms with van der Waals surface area (Å²) in [6, 6.07) is 4.22. The van der Waals surface area contributed by atoms with Gasteiger partial charge in [-0.05, 0) is 19.1 Å².